The number of aryl methyl sites for hydroxylation is 1. The summed E-state index contributed by atoms with van der Waals surface area (Å²) < 4.78 is 7.41. The fourth-order valence-corrected chi connectivity index (χ4v) is 2.46. The molecule has 2 amide bonds. The molecule has 1 aromatic heterocycles. The second-order valence-corrected chi connectivity index (χ2v) is 5.15. The van der Waals surface area contributed by atoms with Gasteiger partial charge in [-0.3, -0.25) is 0 Å². The molecule has 2 rings (SSSR count). The highest BCUT2D eigenvalue weighted by Crippen LogP contribution is 2.30. The van der Waals surface area contributed by atoms with Crippen molar-refractivity contribution in [3.05, 3.63) is 46.2 Å². The molecule has 0 unspecified atom stereocenters. The van der Waals surface area contributed by atoms with Crippen molar-refractivity contribution in [2.45, 2.75) is 13.8 Å². The zero-order valence-corrected chi connectivity index (χ0v) is 13.3. The number of hydrogen-bond acceptors (Lipinski definition) is 3. The monoisotopic (exact) mass is 320 g/mol. The molecule has 1 aromatic carbocycles. The Kier molecular flexibility index (Phi) is 4.72. The Labute approximate surface area is 133 Å². The van der Waals surface area contributed by atoms with E-state index in [0.717, 1.165) is 22.6 Å². The number of carbonyl (C=O) groups excluding carboxylic acids is 1. The Balaban J connectivity index is 2.49. The van der Waals surface area contributed by atoms with E-state index in [2.05, 4.69) is 10.5 Å². The maximum atomic E-state index is 10.7. The van der Waals surface area contributed by atoms with Crippen LogP contribution in [0.5, 0.6) is 5.75 Å². The molecule has 0 spiro atoms. The SMILES string of the molecule is COc1ccc(Cl)cc1-n1c(C)cc(/C=N\NC(N)=O)c1C. The van der Waals surface area contributed by atoms with E-state index in [9.17, 15) is 4.79 Å². The molecule has 1 heterocycles. The maximum absolute atomic E-state index is 10.7. The van der Waals surface area contributed by atoms with E-state index in [1.54, 1.807) is 19.4 Å². The van der Waals surface area contributed by atoms with Gasteiger partial charge in [-0.1, -0.05) is 11.6 Å². The van der Waals surface area contributed by atoms with Crippen molar-refractivity contribution in [2.75, 3.05) is 7.11 Å². The van der Waals surface area contributed by atoms with Gasteiger partial charge in [0, 0.05) is 22.0 Å². The zero-order chi connectivity index (χ0) is 16.3. The molecular formula is C15H17ClN4O2. The second-order valence-electron chi connectivity index (χ2n) is 4.71. The summed E-state index contributed by atoms with van der Waals surface area (Å²) in [4.78, 5) is 10.7. The fourth-order valence-electron chi connectivity index (χ4n) is 2.29. The van der Waals surface area contributed by atoms with Gasteiger partial charge in [0.1, 0.15) is 5.75 Å². The number of halogens is 1. The van der Waals surface area contributed by atoms with Crippen LogP contribution < -0.4 is 15.9 Å². The number of aromatic nitrogens is 1. The summed E-state index contributed by atoms with van der Waals surface area (Å²) in [6, 6.07) is 6.67. The zero-order valence-electron chi connectivity index (χ0n) is 12.6. The topological polar surface area (TPSA) is 81.6 Å². The molecular weight excluding hydrogens is 304 g/mol. The van der Waals surface area contributed by atoms with Crippen molar-refractivity contribution < 1.29 is 9.53 Å². The molecule has 6 nitrogen and oxygen atoms in total. The third-order valence-electron chi connectivity index (χ3n) is 3.23. The molecule has 0 bridgehead atoms. The van der Waals surface area contributed by atoms with Gasteiger partial charge in [-0.2, -0.15) is 5.10 Å². The Morgan fingerprint density at radius 2 is 2.14 bits per heavy atom. The van der Waals surface area contributed by atoms with E-state index < -0.39 is 6.03 Å². The molecule has 2 aromatic rings. The number of hydrogen-bond donors (Lipinski definition) is 2. The van der Waals surface area contributed by atoms with Gasteiger partial charge in [-0.05, 0) is 38.1 Å². The highest BCUT2D eigenvalue weighted by Gasteiger charge is 2.13. The van der Waals surface area contributed by atoms with E-state index in [-0.39, 0.29) is 0 Å². The molecule has 0 aliphatic carbocycles. The number of benzene rings is 1. The Morgan fingerprint density at radius 1 is 1.41 bits per heavy atom. The molecule has 0 radical (unpaired) electrons. The van der Waals surface area contributed by atoms with E-state index in [1.165, 1.54) is 0 Å². The summed E-state index contributed by atoms with van der Waals surface area (Å²) in [6.07, 6.45) is 1.54. The highest BCUT2D eigenvalue weighted by atomic mass is 35.5. The number of nitrogens with zero attached hydrogens (tertiary/aromatic N) is 2. The van der Waals surface area contributed by atoms with E-state index in [4.69, 9.17) is 22.1 Å². The maximum Gasteiger partial charge on any atom is 0.332 e. The minimum Gasteiger partial charge on any atom is -0.495 e. The van der Waals surface area contributed by atoms with Crippen molar-refractivity contribution in [1.82, 2.24) is 9.99 Å². The largest absolute Gasteiger partial charge is 0.495 e. The molecule has 22 heavy (non-hydrogen) atoms. The first-order valence-corrected chi connectivity index (χ1v) is 6.93. The molecule has 0 saturated heterocycles. The smallest absolute Gasteiger partial charge is 0.332 e. The molecule has 0 aliphatic rings. The molecule has 0 fully saturated rings. The van der Waals surface area contributed by atoms with E-state index >= 15 is 0 Å². The molecule has 0 aliphatic heterocycles. The molecule has 3 N–H and O–H groups in total. The predicted octanol–water partition coefficient (Wildman–Crippen LogP) is 2.76. The standard InChI is InChI=1S/C15H17ClN4O2/c1-9-6-11(8-18-19-15(17)21)10(2)20(9)13-7-12(16)4-5-14(13)22-3/h4-8H,1-3H3,(H3,17,19,21)/b18-8-. The summed E-state index contributed by atoms with van der Waals surface area (Å²) in [6.45, 7) is 3.91. The Hall–Kier alpha value is -2.47. The van der Waals surface area contributed by atoms with Crippen LogP contribution in [0.1, 0.15) is 17.0 Å². The van der Waals surface area contributed by atoms with Crippen LogP contribution in [0.15, 0.2) is 29.4 Å². The minimum absolute atomic E-state index is 0.619. The van der Waals surface area contributed by atoms with Crippen molar-refractivity contribution in [3.8, 4) is 11.4 Å². The summed E-state index contributed by atoms with van der Waals surface area (Å²) in [5.74, 6) is 0.713. The Morgan fingerprint density at radius 3 is 2.77 bits per heavy atom. The number of primary amides is 1. The van der Waals surface area contributed by atoms with Gasteiger partial charge in [0.15, 0.2) is 0 Å². The molecule has 116 valence electrons. The number of nitrogens with one attached hydrogen (secondary N) is 1. The van der Waals surface area contributed by atoms with Crippen LogP contribution in [-0.4, -0.2) is 23.9 Å². The van der Waals surface area contributed by atoms with Gasteiger partial charge in [-0.25, -0.2) is 10.2 Å². The van der Waals surface area contributed by atoms with Gasteiger partial charge in [0.05, 0.1) is 19.0 Å². The third-order valence-corrected chi connectivity index (χ3v) is 3.47. The van der Waals surface area contributed by atoms with E-state index in [0.29, 0.717) is 10.8 Å². The average Bonchev–Trinajstić information content (AvgIpc) is 2.73. The van der Waals surface area contributed by atoms with Crippen LogP contribution in [0, 0.1) is 13.8 Å². The number of nitrogens with two attached hydrogens (primary N) is 1. The molecule has 0 atom stereocenters. The van der Waals surface area contributed by atoms with Crippen LogP contribution in [0.3, 0.4) is 0 Å². The average molecular weight is 321 g/mol. The second kappa shape index (κ2) is 6.53. The van der Waals surface area contributed by atoms with Crippen molar-refractivity contribution in [1.29, 1.82) is 0 Å². The van der Waals surface area contributed by atoms with Crippen LogP contribution >= 0.6 is 11.6 Å². The van der Waals surface area contributed by atoms with Crippen LogP contribution in [0.4, 0.5) is 4.79 Å². The quantitative estimate of drug-likeness (QED) is 0.671. The lowest BCUT2D eigenvalue weighted by Gasteiger charge is -2.14. The van der Waals surface area contributed by atoms with Crippen molar-refractivity contribution >= 4 is 23.8 Å². The summed E-state index contributed by atoms with van der Waals surface area (Å²) in [5.41, 5.74) is 10.8. The first-order valence-electron chi connectivity index (χ1n) is 6.55. The first kappa shape index (κ1) is 15.9. The number of urea groups is 1. The number of carbonyl (C=O) groups is 1. The van der Waals surface area contributed by atoms with Crippen LogP contribution in [0.25, 0.3) is 5.69 Å². The van der Waals surface area contributed by atoms with Crippen LogP contribution in [0.2, 0.25) is 5.02 Å². The summed E-state index contributed by atoms with van der Waals surface area (Å²) in [7, 11) is 1.61. The number of ether oxygens (including phenoxy) is 1. The summed E-state index contributed by atoms with van der Waals surface area (Å²) >= 11 is 6.10. The van der Waals surface area contributed by atoms with Crippen molar-refractivity contribution in [3.63, 3.8) is 0 Å². The van der Waals surface area contributed by atoms with Gasteiger partial charge >= 0.3 is 6.03 Å². The number of hydrazone groups is 1. The van der Waals surface area contributed by atoms with Crippen LogP contribution in [-0.2, 0) is 0 Å². The Bertz CT molecular complexity index is 737. The lowest BCUT2D eigenvalue weighted by atomic mass is 10.2. The lowest BCUT2D eigenvalue weighted by Crippen LogP contribution is -2.24. The van der Waals surface area contributed by atoms with Gasteiger partial charge in [-0.15, -0.1) is 0 Å². The minimum atomic E-state index is -0.707. The van der Waals surface area contributed by atoms with Gasteiger partial charge in [0.2, 0.25) is 0 Å². The number of amides is 2. The molecule has 0 saturated carbocycles. The van der Waals surface area contributed by atoms with Gasteiger partial charge in [0.25, 0.3) is 0 Å². The predicted molar refractivity (Wildman–Crippen MR) is 87.1 cm³/mol. The van der Waals surface area contributed by atoms with E-state index in [1.807, 2.05) is 36.6 Å². The van der Waals surface area contributed by atoms with Gasteiger partial charge < -0.3 is 15.0 Å². The fraction of sp³-hybridized carbons (Fsp3) is 0.200. The molecule has 7 heteroatoms. The number of rotatable bonds is 4. The third kappa shape index (κ3) is 3.23. The summed E-state index contributed by atoms with van der Waals surface area (Å²) in [5, 5.41) is 4.41. The lowest BCUT2D eigenvalue weighted by molar-refractivity contribution is 0.249. The van der Waals surface area contributed by atoms with Crippen molar-refractivity contribution in [2.24, 2.45) is 10.8 Å². The highest BCUT2D eigenvalue weighted by molar-refractivity contribution is 6.30. The number of methoxy groups -OCH3 is 1. The normalized spacial score (nSPS) is 10.9. The first-order chi connectivity index (χ1) is 10.4.